The number of nitrogens with one attached hydrogen (secondary N) is 1. The second-order valence-corrected chi connectivity index (χ2v) is 7.47. The SMILES string of the molecule is CCN1CCN(c2ccc(F)cc2C(C)NC(=O)c2cc(F)c(F)cc2Cl)CC1. The summed E-state index contributed by atoms with van der Waals surface area (Å²) in [6.07, 6.45) is 0. The summed E-state index contributed by atoms with van der Waals surface area (Å²) < 4.78 is 40.8. The maximum Gasteiger partial charge on any atom is 0.253 e. The van der Waals surface area contributed by atoms with E-state index in [1.54, 1.807) is 13.0 Å². The van der Waals surface area contributed by atoms with Gasteiger partial charge in [0.2, 0.25) is 0 Å². The van der Waals surface area contributed by atoms with Gasteiger partial charge in [0, 0.05) is 37.4 Å². The molecule has 4 nitrogen and oxygen atoms in total. The predicted octanol–water partition coefficient (Wildman–Crippen LogP) is 4.39. The lowest BCUT2D eigenvalue weighted by Crippen LogP contribution is -2.46. The highest BCUT2D eigenvalue weighted by Crippen LogP contribution is 2.29. The number of carbonyl (C=O) groups excluding carboxylic acids is 1. The molecule has 0 aliphatic carbocycles. The van der Waals surface area contributed by atoms with Gasteiger partial charge in [0.1, 0.15) is 5.82 Å². The van der Waals surface area contributed by atoms with Crippen molar-refractivity contribution < 1.29 is 18.0 Å². The first-order chi connectivity index (χ1) is 13.8. The summed E-state index contributed by atoms with van der Waals surface area (Å²) >= 11 is 5.89. The molecule has 1 aliphatic rings. The molecule has 0 aromatic heterocycles. The summed E-state index contributed by atoms with van der Waals surface area (Å²) in [6.45, 7) is 8.19. The van der Waals surface area contributed by atoms with Gasteiger partial charge in [-0.05, 0) is 43.8 Å². The molecule has 1 saturated heterocycles. The van der Waals surface area contributed by atoms with Gasteiger partial charge < -0.3 is 15.1 Å². The average molecular weight is 426 g/mol. The molecular formula is C21H23ClF3N3O. The van der Waals surface area contributed by atoms with Crippen LogP contribution in [0.3, 0.4) is 0 Å². The predicted molar refractivity (Wildman–Crippen MR) is 108 cm³/mol. The van der Waals surface area contributed by atoms with Gasteiger partial charge in [-0.15, -0.1) is 0 Å². The number of nitrogens with zero attached hydrogens (tertiary/aromatic N) is 2. The standard InChI is InChI=1S/C21H23ClF3N3O/c1-3-27-6-8-28(9-7-27)20-5-4-14(23)10-15(20)13(2)26-21(29)16-11-18(24)19(25)12-17(16)22/h4-5,10-13H,3,6-9H2,1-2H3,(H,26,29). The summed E-state index contributed by atoms with van der Waals surface area (Å²) in [5.74, 6) is -3.36. The van der Waals surface area contributed by atoms with Crippen molar-refractivity contribution >= 4 is 23.2 Å². The van der Waals surface area contributed by atoms with E-state index in [1.165, 1.54) is 12.1 Å². The molecule has 156 valence electrons. The fourth-order valence-corrected chi connectivity index (χ4v) is 3.75. The van der Waals surface area contributed by atoms with Crippen LogP contribution in [-0.4, -0.2) is 43.5 Å². The van der Waals surface area contributed by atoms with Crippen LogP contribution in [0.15, 0.2) is 30.3 Å². The normalized spacial score (nSPS) is 16.0. The van der Waals surface area contributed by atoms with Crippen molar-refractivity contribution in [3.05, 3.63) is 63.9 Å². The van der Waals surface area contributed by atoms with E-state index in [9.17, 15) is 18.0 Å². The molecule has 3 rings (SSSR count). The van der Waals surface area contributed by atoms with Gasteiger partial charge in [-0.3, -0.25) is 4.79 Å². The Kier molecular flexibility index (Phi) is 6.70. The molecule has 0 saturated carbocycles. The number of carbonyl (C=O) groups is 1. The van der Waals surface area contributed by atoms with Crippen LogP contribution in [0.5, 0.6) is 0 Å². The van der Waals surface area contributed by atoms with E-state index < -0.39 is 29.4 Å². The number of likely N-dealkylation sites (N-methyl/N-ethyl adjacent to an activating group) is 1. The van der Waals surface area contributed by atoms with Gasteiger partial charge in [-0.2, -0.15) is 0 Å². The first-order valence-corrected chi connectivity index (χ1v) is 9.90. The summed E-state index contributed by atoms with van der Waals surface area (Å²) in [6, 6.07) is 5.44. The van der Waals surface area contributed by atoms with Crippen molar-refractivity contribution in [1.29, 1.82) is 0 Å². The Morgan fingerprint density at radius 1 is 1.10 bits per heavy atom. The van der Waals surface area contributed by atoms with Crippen LogP contribution < -0.4 is 10.2 Å². The zero-order chi connectivity index (χ0) is 21.1. The molecule has 1 N–H and O–H groups in total. The minimum atomic E-state index is -1.16. The molecule has 1 aliphatic heterocycles. The Labute approximate surface area is 173 Å². The van der Waals surface area contributed by atoms with Crippen molar-refractivity contribution in [3.63, 3.8) is 0 Å². The van der Waals surface area contributed by atoms with Gasteiger partial charge in [0.15, 0.2) is 11.6 Å². The molecule has 1 heterocycles. The third-order valence-corrected chi connectivity index (χ3v) is 5.53. The van der Waals surface area contributed by atoms with Crippen LogP contribution in [0.4, 0.5) is 18.9 Å². The molecule has 1 atom stereocenters. The van der Waals surface area contributed by atoms with Crippen LogP contribution in [0.1, 0.15) is 35.8 Å². The van der Waals surface area contributed by atoms with E-state index in [4.69, 9.17) is 11.6 Å². The fourth-order valence-electron chi connectivity index (χ4n) is 3.51. The van der Waals surface area contributed by atoms with Crippen molar-refractivity contribution in [2.75, 3.05) is 37.6 Å². The maximum absolute atomic E-state index is 14.0. The lowest BCUT2D eigenvalue weighted by molar-refractivity contribution is 0.0939. The first kappa shape index (κ1) is 21.5. The Morgan fingerprint density at radius 3 is 2.41 bits per heavy atom. The lowest BCUT2D eigenvalue weighted by Gasteiger charge is -2.37. The topological polar surface area (TPSA) is 35.6 Å². The molecule has 1 fully saturated rings. The highest BCUT2D eigenvalue weighted by atomic mass is 35.5. The highest BCUT2D eigenvalue weighted by molar-refractivity contribution is 6.33. The third kappa shape index (κ3) is 4.85. The monoisotopic (exact) mass is 425 g/mol. The van der Waals surface area contributed by atoms with E-state index in [0.717, 1.165) is 50.5 Å². The van der Waals surface area contributed by atoms with Crippen molar-refractivity contribution in [2.45, 2.75) is 19.9 Å². The maximum atomic E-state index is 14.0. The van der Waals surface area contributed by atoms with Crippen LogP contribution in [0.2, 0.25) is 5.02 Å². The Hall–Kier alpha value is -2.25. The number of rotatable bonds is 5. The number of halogens is 4. The lowest BCUT2D eigenvalue weighted by atomic mass is 10.0. The molecular weight excluding hydrogens is 403 g/mol. The molecule has 1 unspecified atom stereocenters. The number of benzene rings is 2. The summed E-state index contributed by atoms with van der Waals surface area (Å²) in [5, 5.41) is 2.52. The van der Waals surface area contributed by atoms with E-state index >= 15 is 0 Å². The summed E-state index contributed by atoms with van der Waals surface area (Å²) in [4.78, 5) is 17.1. The smallest absolute Gasteiger partial charge is 0.253 e. The van der Waals surface area contributed by atoms with E-state index in [-0.39, 0.29) is 10.6 Å². The number of hydrogen-bond acceptors (Lipinski definition) is 3. The van der Waals surface area contributed by atoms with Crippen LogP contribution in [0, 0.1) is 17.5 Å². The van der Waals surface area contributed by atoms with Gasteiger partial charge in [-0.1, -0.05) is 18.5 Å². The summed E-state index contributed by atoms with van der Waals surface area (Å²) in [5.41, 5.74) is 1.28. The first-order valence-electron chi connectivity index (χ1n) is 9.52. The van der Waals surface area contributed by atoms with Crippen LogP contribution in [0.25, 0.3) is 0 Å². The van der Waals surface area contributed by atoms with Gasteiger partial charge in [-0.25, -0.2) is 13.2 Å². The Morgan fingerprint density at radius 2 is 1.76 bits per heavy atom. The zero-order valence-corrected chi connectivity index (χ0v) is 17.1. The van der Waals surface area contributed by atoms with E-state index in [2.05, 4.69) is 22.0 Å². The molecule has 2 aromatic rings. The Balaban J connectivity index is 1.82. The van der Waals surface area contributed by atoms with Gasteiger partial charge in [0.05, 0.1) is 16.6 Å². The van der Waals surface area contributed by atoms with E-state index in [1.807, 2.05) is 0 Å². The highest BCUT2D eigenvalue weighted by Gasteiger charge is 2.23. The number of piperazine rings is 1. The summed E-state index contributed by atoms with van der Waals surface area (Å²) in [7, 11) is 0. The second-order valence-electron chi connectivity index (χ2n) is 7.07. The zero-order valence-electron chi connectivity index (χ0n) is 16.3. The van der Waals surface area contributed by atoms with Crippen LogP contribution in [-0.2, 0) is 0 Å². The molecule has 0 bridgehead atoms. The van der Waals surface area contributed by atoms with Gasteiger partial charge >= 0.3 is 0 Å². The third-order valence-electron chi connectivity index (χ3n) is 5.22. The largest absolute Gasteiger partial charge is 0.369 e. The molecule has 0 spiro atoms. The minimum Gasteiger partial charge on any atom is -0.369 e. The van der Waals surface area contributed by atoms with E-state index in [0.29, 0.717) is 5.56 Å². The number of anilines is 1. The molecule has 29 heavy (non-hydrogen) atoms. The minimum absolute atomic E-state index is 0.174. The fraction of sp³-hybridized carbons (Fsp3) is 0.381. The van der Waals surface area contributed by atoms with Crippen molar-refractivity contribution in [1.82, 2.24) is 10.2 Å². The Bertz CT molecular complexity index is 901. The van der Waals surface area contributed by atoms with Crippen LogP contribution >= 0.6 is 11.6 Å². The number of amides is 1. The van der Waals surface area contributed by atoms with Crippen molar-refractivity contribution in [3.8, 4) is 0 Å². The molecule has 8 heteroatoms. The molecule has 1 amide bonds. The quantitative estimate of drug-likeness (QED) is 0.722. The van der Waals surface area contributed by atoms with Crippen molar-refractivity contribution in [2.24, 2.45) is 0 Å². The molecule has 0 radical (unpaired) electrons. The van der Waals surface area contributed by atoms with Gasteiger partial charge in [0.25, 0.3) is 5.91 Å². The average Bonchev–Trinajstić information content (AvgIpc) is 2.70. The second kappa shape index (κ2) is 9.05. The number of hydrogen-bond donors (Lipinski definition) is 1. The molecule has 2 aromatic carbocycles.